The van der Waals surface area contributed by atoms with E-state index in [9.17, 15) is 18.4 Å². The van der Waals surface area contributed by atoms with Gasteiger partial charge in [0.2, 0.25) is 5.88 Å². The highest BCUT2D eigenvalue weighted by Gasteiger charge is 2.49. The number of hydrogen-bond donors (Lipinski definition) is 2. The molecule has 41 heavy (non-hydrogen) atoms. The molecule has 2 fully saturated rings. The fourth-order valence-electron chi connectivity index (χ4n) is 6.04. The van der Waals surface area contributed by atoms with E-state index >= 15 is 0 Å². The van der Waals surface area contributed by atoms with Crippen LogP contribution >= 0.6 is 0 Å². The molecule has 0 bridgehead atoms. The number of fused-ring (bicyclic) bond motifs is 1. The van der Waals surface area contributed by atoms with E-state index in [0.29, 0.717) is 37.4 Å². The summed E-state index contributed by atoms with van der Waals surface area (Å²) >= 11 is 0. The van der Waals surface area contributed by atoms with E-state index in [-0.39, 0.29) is 17.5 Å². The summed E-state index contributed by atoms with van der Waals surface area (Å²) < 4.78 is 47.9. The molecule has 13 heteroatoms. The number of aromatic amines is 1. The van der Waals surface area contributed by atoms with E-state index in [4.69, 9.17) is 4.74 Å². The number of nitrogens with zero attached hydrogens (tertiary/aromatic N) is 7. The lowest BCUT2D eigenvalue weighted by Gasteiger charge is -2.52. The third kappa shape index (κ3) is 5.37. The predicted molar refractivity (Wildman–Crippen MR) is 144 cm³/mol. The lowest BCUT2D eigenvalue weighted by Crippen LogP contribution is -2.58. The largest absolute Gasteiger partial charge is 0.474 e. The first-order valence-corrected chi connectivity index (χ1v) is 13.6. The SMILES string of the molecule is CNCc1cc(OC2CCN(C3CC(CC#N)(n4cc(-c5ncnc6[nH]ccc56)cn4)C3)CC2)nc(C(F)(F)F)c1. The first kappa shape index (κ1) is 27.2. The third-order valence-electron chi connectivity index (χ3n) is 8.15. The maximum absolute atomic E-state index is 13.4. The molecule has 1 aliphatic carbocycles. The Hall–Kier alpha value is -4.02. The number of nitriles is 1. The Balaban J connectivity index is 1.09. The smallest absolute Gasteiger partial charge is 0.433 e. The molecular weight excluding hydrogens is 535 g/mol. The summed E-state index contributed by atoms with van der Waals surface area (Å²) in [7, 11) is 1.68. The van der Waals surface area contributed by atoms with E-state index < -0.39 is 11.9 Å². The fourth-order valence-corrected chi connectivity index (χ4v) is 6.04. The van der Waals surface area contributed by atoms with E-state index in [2.05, 4.69) is 41.3 Å². The number of aromatic nitrogens is 6. The monoisotopic (exact) mass is 565 g/mol. The van der Waals surface area contributed by atoms with E-state index in [1.165, 1.54) is 6.33 Å². The van der Waals surface area contributed by atoms with Crippen molar-refractivity contribution < 1.29 is 17.9 Å². The number of H-pyrrole nitrogens is 1. The van der Waals surface area contributed by atoms with Crippen LogP contribution in [0.3, 0.4) is 0 Å². The zero-order chi connectivity index (χ0) is 28.6. The molecule has 0 spiro atoms. The highest BCUT2D eigenvalue weighted by Crippen LogP contribution is 2.45. The van der Waals surface area contributed by atoms with Crippen LogP contribution in [0, 0.1) is 11.3 Å². The number of pyridine rings is 1. The van der Waals surface area contributed by atoms with Crippen molar-refractivity contribution in [3.8, 4) is 23.2 Å². The molecule has 0 unspecified atom stereocenters. The lowest BCUT2D eigenvalue weighted by atomic mass is 9.69. The van der Waals surface area contributed by atoms with E-state index in [0.717, 1.165) is 54.3 Å². The summed E-state index contributed by atoms with van der Waals surface area (Å²) in [6.07, 6.45) is 5.66. The molecule has 0 aromatic carbocycles. The second-order valence-electron chi connectivity index (χ2n) is 10.8. The maximum atomic E-state index is 13.4. The van der Waals surface area contributed by atoms with Crippen LogP contribution < -0.4 is 10.1 Å². The average molecular weight is 566 g/mol. The molecule has 1 saturated heterocycles. The Bertz CT molecular complexity index is 1560. The fraction of sp³-hybridized carbons (Fsp3) is 0.464. The third-order valence-corrected chi connectivity index (χ3v) is 8.15. The van der Waals surface area contributed by atoms with Gasteiger partial charge in [0.05, 0.1) is 29.9 Å². The van der Waals surface area contributed by atoms with Crippen molar-refractivity contribution in [2.45, 2.75) is 62.5 Å². The van der Waals surface area contributed by atoms with Gasteiger partial charge in [-0.2, -0.15) is 23.5 Å². The molecule has 2 aliphatic rings. The summed E-state index contributed by atoms with van der Waals surface area (Å²) in [6.45, 7) is 1.81. The molecule has 214 valence electrons. The maximum Gasteiger partial charge on any atom is 0.433 e. The number of rotatable bonds is 8. The Morgan fingerprint density at radius 1 is 1.22 bits per heavy atom. The Morgan fingerprint density at radius 3 is 2.76 bits per heavy atom. The van der Waals surface area contributed by atoms with Crippen molar-refractivity contribution in [2.24, 2.45) is 0 Å². The van der Waals surface area contributed by atoms with Crippen LogP contribution in [-0.4, -0.2) is 66.9 Å². The molecule has 0 amide bonds. The molecule has 0 atom stereocenters. The van der Waals surface area contributed by atoms with Gasteiger partial charge in [0.25, 0.3) is 0 Å². The van der Waals surface area contributed by atoms with Gasteiger partial charge in [0.1, 0.15) is 23.8 Å². The molecule has 5 heterocycles. The number of alkyl halides is 3. The molecule has 1 aliphatic heterocycles. The average Bonchev–Trinajstić information content (AvgIpc) is 3.61. The summed E-state index contributed by atoms with van der Waals surface area (Å²) in [6, 6.07) is 7.20. The van der Waals surface area contributed by atoms with Crippen LogP contribution in [0.25, 0.3) is 22.3 Å². The zero-order valence-corrected chi connectivity index (χ0v) is 22.5. The van der Waals surface area contributed by atoms with Crippen molar-refractivity contribution in [1.29, 1.82) is 5.26 Å². The minimum Gasteiger partial charge on any atom is -0.474 e. The van der Waals surface area contributed by atoms with Gasteiger partial charge in [0, 0.05) is 55.1 Å². The number of hydrogen-bond acceptors (Lipinski definition) is 8. The number of ether oxygens (including phenoxy) is 1. The minimum atomic E-state index is -4.54. The molecule has 4 aromatic heterocycles. The summed E-state index contributed by atoms with van der Waals surface area (Å²) in [4.78, 5) is 17.9. The Labute approximate surface area is 234 Å². The van der Waals surface area contributed by atoms with Gasteiger partial charge >= 0.3 is 6.18 Å². The molecule has 6 rings (SSSR count). The molecule has 0 radical (unpaired) electrons. The summed E-state index contributed by atoms with van der Waals surface area (Å²) in [5.41, 5.74) is 1.57. The van der Waals surface area contributed by atoms with Crippen molar-refractivity contribution in [2.75, 3.05) is 20.1 Å². The van der Waals surface area contributed by atoms with Crippen molar-refractivity contribution in [3.63, 3.8) is 0 Å². The number of halogens is 3. The zero-order valence-electron chi connectivity index (χ0n) is 22.5. The Kier molecular flexibility index (Phi) is 7.13. The first-order chi connectivity index (χ1) is 19.8. The lowest BCUT2D eigenvalue weighted by molar-refractivity contribution is -0.141. The van der Waals surface area contributed by atoms with Crippen molar-refractivity contribution in [3.05, 3.63) is 54.4 Å². The number of piperidine rings is 1. The highest BCUT2D eigenvalue weighted by molar-refractivity contribution is 5.90. The van der Waals surface area contributed by atoms with Crippen LogP contribution in [0.2, 0.25) is 0 Å². The first-order valence-electron chi connectivity index (χ1n) is 13.6. The molecule has 4 aromatic rings. The molecular formula is C28H30F3N9O. The van der Waals surface area contributed by atoms with E-state index in [1.807, 2.05) is 23.1 Å². The second kappa shape index (κ2) is 10.8. The summed E-state index contributed by atoms with van der Waals surface area (Å²) in [5.74, 6) is 0.00953. The van der Waals surface area contributed by atoms with Gasteiger partial charge < -0.3 is 15.0 Å². The van der Waals surface area contributed by atoms with Crippen molar-refractivity contribution in [1.82, 2.24) is 39.9 Å². The van der Waals surface area contributed by atoms with Crippen LogP contribution in [0.4, 0.5) is 13.2 Å². The minimum absolute atomic E-state index is 0.00953. The molecule has 10 nitrogen and oxygen atoms in total. The number of nitrogens with one attached hydrogen (secondary N) is 2. The highest BCUT2D eigenvalue weighted by atomic mass is 19.4. The summed E-state index contributed by atoms with van der Waals surface area (Å²) in [5, 5.41) is 18.1. The van der Waals surface area contributed by atoms with Crippen LogP contribution in [0.5, 0.6) is 5.88 Å². The van der Waals surface area contributed by atoms with Crippen LogP contribution in [0.1, 0.15) is 43.4 Å². The Morgan fingerprint density at radius 2 is 2.02 bits per heavy atom. The standard InChI is InChI=1S/C28H30F3N9O/c1-33-14-18-10-23(28(29,30)31)38-24(11-18)41-21-3-8-39(9-4-21)20-12-27(13-20,5-6-32)40-16-19(15-37-40)25-22-2-7-34-26(22)36-17-35-25/h2,7,10-11,15-17,20-21,33H,3-5,8-9,12-14H2,1H3,(H,34,35,36). The van der Waals surface area contributed by atoms with E-state index in [1.54, 1.807) is 19.3 Å². The van der Waals surface area contributed by atoms with Gasteiger partial charge in [0.15, 0.2) is 0 Å². The number of likely N-dealkylation sites (tertiary alicyclic amines) is 1. The van der Waals surface area contributed by atoms with Crippen LogP contribution in [0.15, 0.2) is 43.1 Å². The molecule has 2 N–H and O–H groups in total. The van der Waals surface area contributed by atoms with Gasteiger partial charge in [-0.05, 0) is 50.4 Å². The van der Waals surface area contributed by atoms with Gasteiger partial charge in [-0.3, -0.25) is 9.58 Å². The second-order valence-corrected chi connectivity index (χ2v) is 10.8. The van der Waals surface area contributed by atoms with Crippen LogP contribution in [-0.2, 0) is 18.3 Å². The quantitative estimate of drug-likeness (QED) is 0.325. The van der Waals surface area contributed by atoms with Gasteiger partial charge in [-0.1, -0.05) is 0 Å². The molecule has 1 saturated carbocycles. The van der Waals surface area contributed by atoms with Gasteiger partial charge in [-0.25, -0.2) is 15.0 Å². The normalized spacial score (nSPS) is 22.0. The predicted octanol–water partition coefficient (Wildman–Crippen LogP) is 4.27. The van der Waals surface area contributed by atoms with Gasteiger partial charge in [-0.15, -0.1) is 0 Å². The van der Waals surface area contributed by atoms with Crippen molar-refractivity contribution >= 4 is 11.0 Å². The topological polar surface area (TPSA) is 121 Å².